The van der Waals surface area contributed by atoms with Crippen molar-refractivity contribution in [1.82, 2.24) is 0 Å². The van der Waals surface area contributed by atoms with Crippen LogP contribution in [0.1, 0.15) is 69.8 Å². The topological polar surface area (TPSA) is 66.8 Å². The third kappa shape index (κ3) is 9.10. The summed E-state index contributed by atoms with van der Waals surface area (Å²) in [7, 11) is 1.44. The summed E-state index contributed by atoms with van der Waals surface area (Å²) >= 11 is 1.71. The zero-order chi connectivity index (χ0) is 21.1. The Hall–Kier alpha value is -1.04. The molecule has 1 aliphatic rings. The minimum atomic E-state index is -0.327. The fourth-order valence-electron chi connectivity index (χ4n) is 4.41. The molecular formula is C24H38O4S. The molecule has 3 unspecified atom stereocenters. The Labute approximate surface area is 180 Å². The summed E-state index contributed by atoms with van der Waals surface area (Å²) in [5.74, 6) is 1.48. The SMILES string of the molecule is COC(=O)CCCCCCC1CC[C@@H](O)C1CCC(O)CSc1cccc(C)c1. The lowest BCUT2D eigenvalue weighted by Crippen LogP contribution is -2.22. The predicted octanol–water partition coefficient (Wildman–Crippen LogP) is 5.13. The molecule has 164 valence electrons. The maximum absolute atomic E-state index is 11.1. The second kappa shape index (κ2) is 13.3. The van der Waals surface area contributed by atoms with Gasteiger partial charge >= 0.3 is 5.97 Å². The average molecular weight is 423 g/mol. The molecule has 1 fully saturated rings. The number of ether oxygens (including phenoxy) is 1. The van der Waals surface area contributed by atoms with Crippen LogP contribution < -0.4 is 0 Å². The third-order valence-corrected chi connectivity index (χ3v) is 7.27. The fraction of sp³-hybridized carbons (Fsp3) is 0.708. The number of hydrogen-bond acceptors (Lipinski definition) is 5. The first kappa shape index (κ1) is 24.2. The molecule has 4 atom stereocenters. The summed E-state index contributed by atoms with van der Waals surface area (Å²) in [5.41, 5.74) is 1.24. The van der Waals surface area contributed by atoms with E-state index in [1.165, 1.54) is 17.6 Å². The van der Waals surface area contributed by atoms with Gasteiger partial charge in [0.1, 0.15) is 0 Å². The third-order valence-electron chi connectivity index (χ3n) is 6.13. The maximum Gasteiger partial charge on any atom is 0.305 e. The highest BCUT2D eigenvalue weighted by Crippen LogP contribution is 2.39. The van der Waals surface area contributed by atoms with E-state index in [4.69, 9.17) is 0 Å². The number of hydrogen-bond donors (Lipinski definition) is 2. The Balaban J connectivity index is 1.63. The van der Waals surface area contributed by atoms with Gasteiger partial charge in [-0.3, -0.25) is 4.79 Å². The van der Waals surface area contributed by atoms with Gasteiger partial charge in [-0.15, -0.1) is 11.8 Å². The first-order chi connectivity index (χ1) is 14.0. The van der Waals surface area contributed by atoms with Gasteiger partial charge in [-0.25, -0.2) is 0 Å². The summed E-state index contributed by atoms with van der Waals surface area (Å²) in [6.07, 6.45) is 9.02. The zero-order valence-electron chi connectivity index (χ0n) is 18.0. The largest absolute Gasteiger partial charge is 0.469 e. The quantitative estimate of drug-likeness (QED) is 0.262. The van der Waals surface area contributed by atoms with Crippen LogP contribution >= 0.6 is 11.8 Å². The Kier molecular flexibility index (Phi) is 11.1. The fourth-order valence-corrected chi connectivity index (χ4v) is 5.41. The van der Waals surface area contributed by atoms with E-state index in [1.807, 2.05) is 0 Å². The van der Waals surface area contributed by atoms with Gasteiger partial charge in [0.05, 0.1) is 19.3 Å². The van der Waals surface area contributed by atoms with Gasteiger partial charge in [0.2, 0.25) is 0 Å². The van der Waals surface area contributed by atoms with Crippen LogP contribution in [0.2, 0.25) is 0 Å². The number of rotatable bonds is 13. The first-order valence-corrected chi connectivity index (χ1v) is 12.1. The number of carbonyl (C=O) groups is 1. The van der Waals surface area contributed by atoms with Crippen molar-refractivity contribution in [2.24, 2.45) is 11.8 Å². The highest BCUT2D eigenvalue weighted by Gasteiger charge is 2.34. The van der Waals surface area contributed by atoms with Crippen LogP contribution in [0.25, 0.3) is 0 Å². The Morgan fingerprint density at radius 2 is 2.00 bits per heavy atom. The molecule has 0 saturated heterocycles. The van der Waals surface area contributed by atoms with Crippen molar-refractivity contribution in [3.63, 3.8) is 0 Å². The van der Waals surface area contributed by atoms with Gasteiger partial charge in [-0.2, -0.15) is 0 Å². The monoisotopic (exact) mass is 422 g/mol. The summed E-state index contributed by atoms with van der Waals surface area (Å²) < 4.78 is 4.67. The molecule has 1 aromatic carbocycles. The molecule has 29 heavy (non-hydrogen) atoms. The van der Waals surface area contributed by atoms with Crippen LogP contribution in [-0.4, -0.2) is 41.3 Å². The molecule has 4 nitrogen and oxygen atoms in total. The van der Waals surface area contributed by atoms with Crippen LogP contribution in [-0.2, 0) is 9.53 Å². The van der Waals surface area contributed by atoms with Gasteiger partial charge in [-0.05, 0) is 63.0 Å². The van der Waals surface area contributed by atoms with Crippen molar-refractivity contribution in [1.29, 1.82) is 0 Å². The molecule has 0 bridgehead atoms. The van der Waals surface area contributed by atoms with E-state index in [9.17, 15) is 15.0 Å². The number of aliphatic hydroxyl groups excluding tert-OH is 2. The van der Waals surface area contributed by atoms with E-state index in [2.05, 4.69) is 35.9 Å². The van der Waals surface area contributed by atoms with Crippen molar-refractivity contribution >= 4 is 17.7 Å². The molecule has 0 aliphatic heterocycles. The number of methoxy groups -OCH3 is 1. The molecule has 1 saturated carbocycles. The number of aryl methyl sites for hydroxylation is 1. The lowest BCUT2D eigenvalue weighted by molar-refractivity contribution is -0.140. The zero-order valence-corrected chi connectivity index (χ0v) is 18.8. The molecular weight excluding hydrogens is 384 g/mol. The number of unbranched alkanes of at least 4 members (excludes halogenated alkanes) is 3. The van der Waals surface area contributed by atoms with E-state index in [0.29, 0.717) is 24.0 Å². The summed E-state index contributed by atoms with van der Waals surface area (Å²) in [5, 5.41) is 20.8. The standard InChI is InChI=1S/C24H38O4S/c1-18-8-7-10-21(16-18)29-17-20(25)13-14-22-19(12-15-23(22)26)9-5-3-4-6-11-24(27)28-2/h7-8,10,16,19-20,22-23,25-26H,3-6,9,11-15,17H2,1-2H3/t19?,20?,22?,23-/m1/s1. The van der Waals surface area contributed by atoms with Gasteiger partial charge in [0.25, 0.3) is 0 Å². The molecule has 0 heterocycles. The number of benzene rings is 1. The summed E-state index contributed by atoms with van der Waals surface area (Å²) in [6.45, 7) is 2.08. The van der Waals surface area contributed by atoms with Crippen LogP contribution in [0.5, 0.6) is 0 Å². The van der Waals surface area contributed by atoms with E-state index in [0.717, 1.165) is 57.8 Å². The summed E-state index contributed by atoms with van der Waals surface area (Å²) in [6, 6.07) is 8.38. The minimum absolute atomic E-state index is 0.122. The highest BCUT2D eigenvalue weighted by molar-refractivity contribution is 7.99. The Morgan fingerprint density at radius 3 is 2.76 bits per heavy atom. The normalized spacial score (nSPS) is 22.6. The van der Waals surface area contributed by atoms with Crippen LogP contribution in [0.15, 0.2) is 29.2 Å². The molecule has 0 spiro atoms. The Bertz CT molecular complexity index is 606. The maximum atomic E-state index is 11.1. The van der Waals surface area contributed by atoms with E-state index in [-0.39, 0.29) is 18.2 Å². The smallest absolute Gasteiger partial charge is 0.305 e. The van der Waals surface area contributed by atoms with Crippen LogP contribution in [0, 0.1) is 18.8 Å². The summed E-state index contributed by atoms with van der Waals surface area (Å²) in [4.78, 5) is 12.3. The van der Waals surface area contributed by atoms with Crippen molar-refractivity contribution in [3.05, 3.63) is 29.8 Å². The lowest BCUT2D eigenvalue weighted by Gasteiger charge is -2.23. The molecule has 1 aliphatic carbocycles. The number of carbonyl (C=O) groups excluding carboxylic acids is 1. The van der Waals surface area contributed by atoms with Crippen LogP contribution in [0.3, 0.4) is 0 Å². The second-order valence-electron chi connectivity index (χ2n) is 8.46. The molecule has 2 N–H and O–H groups in total. The van der Waals surface area contributed by atoms with E-state index < -0.39 is 0 Å². The van der Waals surface area contributed by atoms with Crippen molar-refractivity contribution in [3.8, 4) is 0 Å². The molecule has 0 amide bonds. The van der Waals surface area contributed by atoms with Gasteiger partial charge in [-0.1, -0.05) is 43.4 Å². The molecule has 1 aromatic rings. The highest BCUT2D eigenvalue weighted by atomic mass is 32.2. The first-order valence-electron chi connectivity index (χ1n) is 11.1. The predicted molar refractivity (Wildman–Crippen MR) is 119 cm³/mol. The van der Waals surface area contributed by atoms with E-state index >= 15 is 0 Å². The van der Waals surface area contributed by atoms with Gasteiger partial charge in [0, 0.05) is 17.1 Å². The molecule has 0 radical (unpaired) electrons. The lowest BCUT2D eigenvalue weighted by atomic mass is 9.86. The van der Waals surface area contributed by atoms with E-state index in [1.54, 1.807) is 11.8 Å². The number of aliphatic hydroxyl groups is 2. The van der Waals surface area contributed by atoms with Crippen molar-refractivity contribution < 1.29 is 19.7 Å². The second-order valence-corrected chi connectivity index (χ2v) is 9.55. The minimum Gasteiger partial charge on any atom is -0.469 e. The number of thioether (sulfide) groups is 1. The van der Waals surface area contributed by atoms with Gasteiger partial charge in [0.15, 0.2) is 0 Å². The Morgan fingerprint density at radius 1 is 1.21 bits per heavy atom. The van der Waals surface area contributed by atoms with Crippen molar-refractivity contribution in [2.75, 3.05) is 12.9 Å². The van der Waals surface area contributed by atoms with Gasteiger partial charge < -0.3 is 14.9 Å². The average Bonchev–Trinajstić information content (AvgIpc) is 3.06. The molecule has 5 heteroatoms. The molecule has 2 rings (SSSR count). The van der Waals surface area contributed by atoms with Crippen LogP contribution in [0.4, 0.5) is 0 Å². The molecule has 0 aromatic heterocycles. The van der Waals surface area contributed by atoms with Crippen molar-refractivity contribution in [2.45, 2.75) is 88.2 Å². The number of esters is 1.